The molecule has 0 aliphatic heterocycles. The quantitative estimate of drug-likeness (QED) is 0.691. The van der Waals surface area contributed by atoms with E-state index < -0.39 is 0 Å². The number of rotatable bonds is 4. The maximum atomic E-state index is 12.6. The van der Waals surface area contributed by atoms with Crippen LogP contribution >= 0.6 is 0 Å². The van der Waals surface area contributed by atoms with E-state index in [9.17, 15) is 4.79 Å². The summed E-state index contributed by atoms with van der Waals surface area (Å²) in [6, 6.07) is 8.20. The number of aryl methyl sites for hydroxylation is 2. The lowest BCUT2D eigenvalue weighted by Crippen LogP contribution is -2.36. The number of carbonyl (C=O) groups excluding carboxylic acids is 1. The average Bonchev–Trinajstić information content (AvgIpc) is 3.26. The van der Waals surface area contributed by atoms with Crippen molar-refractivity contribution in [1.82, 2.24) is 24.9 Å². The highest BCUT2D eigenvalue weighted by atomic mass is 16.1. The van der Waals surface area contributed by atoms with Crippen molar-refractivity contribution >= 4 is 12.0 Å². The molecule has 1 N–H and O–H groups in total. The van der Waals surface area contributed by atoms with E-state index in [1.807, 2.05) is 36.3 Å². The molecule has 6 heteroatoms. The van der Waals surface area contributed by atoms with Crippen molar-refractivity contribution in [2.24, 2.45) is 12.5 Å². The predicted molar refractivity (Wildman–Crippen MR) is 114 cm³/mol. The minimum absolute atomic E-state index is 0.0578. The topological polar surface area (TPSA) is 64.7 Å². The van der Waals surface area contributed by atoms with Gasteiger partial charge in [-0.05, 0) is 42.9 Å². The third kappa shape index (κ3) is 4.01. The second-order valence-electron chi connectivity index (χ2n) is 8.63. The zero-order valence-corrected chi connectivity index (χ0v) is 17.4. The Morgan fingerprint density at radius 3 is 2.76 bits per heavy atom. The number of nitrogens with zero attached hydrogens (tertiary/aromatic N) is 4. The molecule has 0 fully saturated rings. The molecule has 0 saturated heterocycles. The standard InChI is InChI=1S/C23H27N5O/c1-16-7-5-6-8-20(16)28-21-12-23(2,3)11-19(18(21)14-25-28)26-22(29)10-9-17-13-24-27(4)15-17/h5-10,13-15,19H,11-12H2,1-4H3,(H,26,29)/b10-9+. The van der Waals surface area contributed by atoms with Gasteiger partial charge in [0.15, 0.2) is 0 Å². The minimum Gasteiger partial charge on any atom is -0.346 e. The van der Waals surface area contributed by atoms with E-state index in [-0.39, 0.29) is 17.4 Å². The maximum Gasteiger partial charge on any atom is 0.244 e. The molecule has 0 bridgehead atoms. The van der Waals surface area contributed by atoms with Crippen LogP contribution in [0.2, 0.25) is 0 Å². The molecule has 2 aromatic heterocycles. The van der Waals surface area contributed by atoms with Crippen LogP contribution in [0.25, 0.3) is 11.8 Å². The van der Waals surface area contributed by atoms with Gasteiger partial charge < -0.3 is 5.32 Å². The van der Waals surface area contributed by atoms with E-state index >= 15 is 0 Å². The van der Waals surface area contributed by atoms with Crippen molar-refractivity contribution < 1.29 is 4.79 Å². The van der Waals surface area contributed by atoms with Gasteiger partial charge in [-0.25, -0.2) is 4.68 Å². The van der Waals surface area contributed by atoms with Crippen LogP contribution in [0.1, 0.15) is 48.7 Å². The predicted octanol–water partition coefficient (Wildman–Crippen LogP) is 3.76. The van der Waals surface area contributed by atoms with Gasteiger partial charge in [-0.1, -0.05) is 32.0 Å². The Morgan fingerprint density at radius 2 is 2.03 bits per heavy atom. The van der Waals surface area contributed by atoms with Crippen molar-refractivity contribution in [2.75, 3.05) is 0 Å². The van der Waals surface area contributed by atoms with Crippen LogP contribution in [-0.4, -0.2) is 25.5 Å². The molecule has 2 heterocycles. The van der Waals surface area contributed by atoms with E-state index in [4.69, 9.17) is 0 Å². The van der Waals surface area contributed by atoms with Crippen molar-refractivity contribution in [2.45, 2.75) is 39.7 Å². The third-order valence-electron chi connectivity index (χ3n) is 5.49. The number of aromatic nitrogens is 4. The van der Waals surface area contributed by atoms with Crippen LogP contribution in [0.3, 0.4) is 0 Å². The van der Waals surface area contributed by atoms with Crippen LogP contribution in [-0.2, 0) is 18.3 Å². The van der Waals surface area contributed by atoms with Gasteiger partial charge in [0, 0.05) is 30.4 Å². The summed E-state index contributed by atoms with van der Waals surface area (Å²) in [5.74, 6) is -0.105. The lowest BCUT2D eigenvalue weighted by atomic mass is 9.74. The van der Waals surface area contributed by atoms with Crippen LogP contribution in [0.4, 0.5) is 0 Å². The number of para-hydroxylation sites is 1. The van der Waals surface area contributed by atoms with Gasteiger partial charge in [-0.3, -0.25) is 9.48 Å². The third-order valence-corrected chi connectivity index (χ3v) is 5.49. The van der Waals surface area contributed by atoms with Gasteiger partial charge >= 0.3 is 0 Å². The van der Waals surface area contributed by atoms with Gasteiger partial charge in [0.25, 0.3) is 0 Å². The molecule has 0 saturated carbocycles. The fraction of sp³-hybridized carbons (Fsp3) is 0.348. The molecule has 29 heavy (non-hydrogen) atoms. The van der Waals surface area contributed by atoms with Gasteiger partial charge in [0.05, 0.1) is 29.8 Å². The minimum atomic E-state index is -0.105. The molecule has 1 aliphatic carbocycles. The zero-order chi connectivity index (χ0) is 20.6. The van der Waals surface area contributed by atoms with Crippen LogP contribution in [0.15, 0.2) is 48.9 Å². The SMILES string of the molecule is Cc1ccccc1-n1ncc2c1CC(C)(C)CC2NC(=O)/C=C/c1cnn(C)c1. The smallest absolute Gasteiger partial charge is 0.244 e. The summed E-state index contributed by atoms with van der Waals surface area (Å²) in [5.41, 5.74) is 5.53. The Hall–Kier alpha value is -3.15. The summed E-state index contributed by atoms with van der Waals surface area (Å²) in [5, 5.41) is 12.0. The molecule has 1 aliphatic rings. The Morgan fingerprint density at radius 1 is 1.24 bits per heavy atom. The summed E-state index contributed by atoms with van der Waals surface area (Å²) < 4.78 is 3.75. The van der Waals surface area contributed by atoms with E-state index in [0.717, 1.165) is 29.7 Å². The number of fused-ring (bicyclic) bond motifs is 1. The summed E-state index contributed by atoms with van der Waals surface area (Å²) in [4.78, 5) is 12.6. The highest BCUT2D eigenvalue weighted by molar-refractivity contribution is 5.92. The van der Waals surface area contributed by atoms with Gasteiger partial charge in [-0.15, -0.1) is 0 Å². The molecule has 0 radical (unpaired) electrons. The fourth-order valence-electron chi connectivity index (χ4n) is 4.10. The molecule has 1 amide bonds. The zero-order valence-electron chi connectivity index (χ0n) is 17.4. The number of nitrogens with one attached hydrogen (secondary N) is 1. The molecular formula is C23H27N5O. The summed E-state index contributed by atoms with van der Waals surface area (Å²) in [6.45, 7) is 6.59. The van der Waals surface area contributed by atoms with Gasteiger partial charge in [0.2, 0.25) is 5.91 Å². The lowest BCUT2D eigenvalue weighted by Gasteiger charge is -2.35. The number of hydrogen-bond donors (Lipinski definition) is 1. The summed E-state index contributed by atoms with van der Waals surface area (Å²) >= 11 is 0. The van der Waals surface area contributed by atoms with Crippen molar-refractivity contribution in [3.8, 4) is 5.69 Å². The fourth-order valence-corrected chi connectivity index (χ4v) is 4.10. The van der Waals surface area contributed by atoms with Crippen molar-refractivity contribution in [3.05, 3.63) is 71.3 Å². The van der Waals surface area contributed by atoms with Gasteiger partial charge in [-0.2, -0.15) is 10.2 Å². The summed E-state index contributed by atoms with van der Waals surface area (Å²) in [6.07, 6.45) is 10.7. The Bertz CT molecular complexity index is 1070. The van der Waals surface area contributed by atoms with E-state index in [2.05, 4.69) is 48.4 Å². The Balaban J connectivity index is 1.60. The number of amides is 1. The first kappa shape index (κ1) is 19.2. The molecule has 6 nitrogen and oxygen atoms in total. The van der Waals surface area contributed by atoms with E-state index in [1.165, 1.54) is 11.3 Å². The van der Waals surface area contributed by atoms with Crippen molar-refractivity contribution in [3.63, 3.8) is 0 Å². The van der Waals surface area contributed by atoms with E-state index in [1.54, 1.807) is 23.0 Å². The monoisotopic (exact) mass is 389 g/mol. The first-order chi connectivity index (χ1) is 13.8. The molecule has 1 aromatic carbocycles. The lowest BCUT2D eigenvalue weighted by molar-refractivity contribution is -0.117. The number of carbonyl (C=O) groups is 1. The second kappa shape index (κ2) is 7.35. The first-order valence-electron chi connectivity index (χ1n) is 9.92. The van der Waals surface area contributed by atoms with Crippen LogP contribution < -0.4 is 5.32 Å². The Labute approximate surface area is 171 Å². The van der Waals surface area contributed by atoms with Crippen molar-refractivity contribution in [1.29, 1.82) is 0 Å². The normalized spacial score (nSPS) is 18.0. The highest BCUT2D eigenvalue weighted by Crippen LogP contribution is 2.41. The average molecular weight is 390 g/mol. The molecular weight excluding hydrogens is 362 g/mol. The van der Waals surface area contributed by atoms with Gasteiger partial charge in [0.1, 0.15) is 0 Å². The molecule has 3 aromatic rings. The van der Waals surface area contributed by atoms with Crippen LogP contribution in [0.5, 0.6) is 0 Å². The number of hydrogen-bond acceptors (Lipinski definition) is 3. The van der Waals surface area contributed by atoms with Crippen LogP contribution in [0, 0.1) is 12.3 Å². The molecule has 0 spiro atoms. The highest BCUT2D eigenvalue weighted by Gasteiger charge is 2.35. The molecule has 1 unspecified atom stereocenters. The molecule has 4 rings (SSSR count). The first-order valence-corrected chi connectivity index (χ1v) is 9.92. The molecule has 1 atom stereocenters. The Kier molecular flexibility index (Phi) is 4.86. The largest absolute Gasteiger partial charge is 0.346 e. The maximum absolute atomic E-state index is 12.6. The van der Waals surface area contributed by atoms with E-state index in [0.29, 0.717) is 0 Å². The molecule has 150 valence electrons. The number of benzene rings is 1. The second-order valence-corrected chi connectivity index (χ2v) is 8.63. The summed E-state index contributed by atoms with van der Waals surface area (Å²) in [7, 11) is 1.86.